The van der Waals surface area contributed by atoms with Crippen LogP contribution in [0.4, 0.5) is 10.1 Å². The molecule has 1 N–H and O–H groups in total. The van der Waals surface area contributed by atoms with E-state index in [1.54, 1.807) is 24.3 Å². The van der Waals surface area contributed by atoms with Crippen molar-refractivity contribution in [2.24, 2.45) is 0 Å². The molecule has 0 saturated heterocycles. The minimum atomic E-state index is -3.76. The van der Waals surface area contributed by atoms with Crippen molar-refractivity contribution in [3.63, 3.8) is 0 Å². The Bertz CT molecular complexity index is 1460. The number of carbonyl (C=O) groups is 2. The first kappa shape index (κ1) is 32.4. The van der Waals surface area contributed by atoms with E-state index >= 15 is 0 Å². The van der Waals surface area contributed by atoms with Gasteiger partial charge in [-0.05, 0) is 50.1 Å². The Kier molecular flexibility index (Phi) is 11.6. The maximum Gasteiger partial charge on any atom is 0.243 e. The Morgan fingerprint density at radius 2 is 1.63 bits per heavy atom. The van der Waals surface area contributed by atoms with Crippen LogP contribution in [0.25, 0.3) is 0 Å². The van der Waals surface area contributed by atoms with E-state index in [4.69, 9.17) is 23.2 Å². The highest BCUT2D eigenvalue weighted by Gasteiger charge is 2.31. The smallest absolute Gasteiger partial charge is 0.243 e. The molecule has 11 heteroatoms. The van der Waals surface area contributed by atoms with Crippen molar-refractivity contribution >= 4 is 50.7 Å². The molecule has 1 atom stereocenters. The average Bonchev–Trinajstić information content (AvgIpc) is 2.90. The van der Waals surface area contributed by atoms with Crippen molar-refractivity contribution in [2.75, 3.05) is 17.1 Å². The first-order valence-corrected chi connectivity index (χ1v) is 15.8. The van der Waals surface area contributed by atoms with Gasteiger partial charge in [0.05, 0.1) is 17.0 Å². The van der Waals surface area contributed by atoms with Gasteiger partial charge in [0.15, 0.2) is 0 Å². The number of benzene rings is 3. The number of nitrogens with one attached hydrogen (secondary N) is 1. The number of carbonyl (C=O) groups excluding carboxylic acids is 2. The quantitative estimate of drug-likeness (QED) is 0.260. The fourth-order valence-electron chi connectivity index (χ4n) is 4.40. The van der Waals surface area contributed by atoms with E-state index in [1.807, 2.05) is 44.2 Å². The summed E-state index contributed by atoms with van der Waals surface area (Å²) in [5.41, 5.74) is 1.30. The summed E-state index contributed by atoms with van der Waals surface area (Å²) in [6.45, 7) is 3.45. The van der Waals surface area contributed by atoms with Gasteiger partial charge in [-0.2, -0.15) is 0 Å². The molecule has 7 nitrogen and oxygen atoms in total. The zero-order chi connectivity index (χ0) is 30.2. The molecule has 0 unspecified atom stereocenters. The predicted octanol–water partition coefficient (Wildman–Crippen LogP) is 5.84. The van der Waals surface area contributed by atoms with Gasteiger partial charge < -0.3 is 10.2 Å². The molecular formula is C30H34Cl2FN3O4S. The summed E-state index contributed by atoms with van der Waals surface area (Å²) < 4.78 is 41.1. The van der Waals surface area contributed by atoms with Crippen LogP contribution in [-0.4, -0.2) is 50.0 Å². The molecule has 0 aliphatic carbocycles. The van der Waals surface area contributed by atoms with Gasteiger partial charge >= 0.3 is 0 Å². The molecule has 3 aromatic rings. The summed E-state index contributed by atoms with van der Waals surface area (Å²) in [6, 6.07) is 18.7. The van der Waals surface area contributed by atoms with Crippen LogP contribution in [0, 0.1) is 5.82 Å². The van der Waals surface area contributed by atoms with Crippen molar-refractivity contribution in [3.05, 3.63) is 99.8 Å². The van der Waals surface area contributed by atoms with Gasteiger partial charge in [-0.25, -0.2) is 12.8 Å². The van der Waals surface area contributed by atoms with Crippen LogP contribution in [0.5, 0.6) is 0 Å². The van der Waals surface area contributed by atoms with E-state index in [2.05, 4.69) is 5.32 Å². The van der Waals surface area contributed by atoms with Gasteiger partial charge in [0.2, 0.25) is 21.8 Å². The summed E-state index contributed by atoms with van der Waals surface area (Å²) in [7, 11) is -3.76. The molecule has 0 aliphatic rings. The standard InChI is InChI=1S/C30H34Cl2FN3O4S/c1-21(2)34-30(38)28(18-22-10-5-4-6-11-22)35(20-23-12-7-8-13-26(23)33)29(37)14-9-17-36(41(3,39)40)27-19-24(31)15-16-25(27)32/h4-8,10-13,15-16,19,21,28H,9,14,17-18,20H2,1-3H3,(H,34,38)/t28-/m1/s1. The molecule has 3 rings (SSSR count). The second-order valence-electron chi connectivity index (χ2n) is 10.0. The summed E-state index contributed by atoms with van der Waals surface area (Å²) in [6.07, 6.45) is 1.28. The second-order valence-corrected chi connectivity index (χ2v) is 12.8. The maximum absolute atomic E-state index is 14.7. The lowest BCUT2D eigenvalue weighted by molar-refractivity contribution is -0.141. The number of hydrogen-bond acceptors (Lipinski definition) is 4. The molecule has 220 valence electrons. The van der Waals surface area contributed by atoms with Gasteiger partial charge in [-0.1, -0.05) is 71.7 Å². The Morgan fingerprint density at radius 3 is 2.27 bits per heavy atom. The molecule has 0 aromatic heterocycles. The first-order chi connectivity index (χ1) is 19.4. The minimum Gasteiger partial charge on any atom is -0.352 e. The normalized spacial score (nSPS) is 12.2. The van der Waals surface area contributed by atoms with Crippen LogP contribution in [0.3, 0.4) is 0 Å². The number of rotatable bonds is 13. The van der Waals surface area contributed by atoms with Gasteiger partial charge in [-0.15, -0.1) is 0 Å². The van der Waals surface area contributed by atoms with Crippen LogP contribution in [0.2, 0.25) is 10.0 Å². The zero-order valence-electron chi connectivity index (χ0n) is 23.2. The molecule has 0 saturated carbocycles. The third-order valence-corrected chi connectivity index (χ3v) is 8.06. The molecule has 3 aromatic carbocycles. The Hall–Kier alpha value is -3.14. The summed E-state index contributed by atoms with van der Waals surface area (Å²) in [5, 5.41) is 3.39. The molecule has 0 radical (unpaired) electrons. The highest BCUT2D eigenvalue weighted by molar-refractivity contribution is 7.92. The largest absolute Gasteiger partial charge is 0.352 e. The molecule has 0 spiro atoms. The number of amides is 2. The molecular weight excluding hydrogens is 588 g/mol. The van der Waals surface area contributed by atoms with Crippen LogP contribution in [0.15, 0.2) is 72.8 Å². The molecule has 2 amide bonds. The van der Waals surface area contributed by atoms with E-state index in [9.17, 15) is 22.4 Å². The number of sulfonamides is 1. The fourth-order valence-corrected chi connectivity index (χ4v) is 5.81. The highest BCUT2D eigenvalue weighted by atomic mass is 35.5. The molecule has 0 aliphatic heterocycles. The monoisotopic (exact) mass is 621 g/mol. The number of halogens is 3. The topological polar surface area (TPSA) is 86.8 Å². The van der Waals surface area contributed by atoms with E-state index in [0.717, 1.165) is 16.1 Å². The Morgan fingerprint density at radius 1 is 0.976 bits per heavy atom. The third kappa shape index (κ3) is 9.45. The van der Waals surface area contributed by atoms with Crippen LogP contribution < -0.4 is 9.62 Å². The van der Waals surface area contributed by atoms with Crippen LogP contribution in [0.1, 0.15) is 37.8 Å². The molecule has 0 fully saturated rings. The number of hydrogen-bond donors (Lipinski definition) is 1. The van der Waals surface area contributed by atoms with Crippen molar-refractivity contribution < 1.29 is 22.4 Å². The van der Waals surface area contributed by atoms with Gasteiger partial charge in [0, 0.05) is 42.6 Å². The fraction of sp³-hybridized carbons (Fsp3) is 0.333. The number of anilines is 1. The minimum absolute atomic E-state index is 0.0558. The van der Waals surface area contributed by atoms with E-state index in [1.165, 1.54) is 23.1 Å². The molecule has 0 bridgehead atoms. The van der Waals surface area contributed by atoms with Crippen molar-refractivity contribution in [2.45, 2.75) is 51.7 Å². The summed E-state index contributed by atoms with van der Waals surface area (Å²) >= 11 is 12.4. The first-order valence-electron chi connectivity index (χ1n) is 13.2. The van der Waals surface area contributed by atoms with Crippen molar-refractivity contribution in [1.29, 1.82) is 0 Å². The van der Waals surface area contributed by atoms with Crippen LogP contribution >= 0.6 is 23.2 Å². The predicted molar refractivity (Wildman–Crippen MR) is 162 cm³/mol. The Balaban J connectivity index is 1.91. The molecule has 41 heavy (non-hydrogen) atoms. The second kappa shape index (κ2) is 14.7. The molecule has 0 heterocycles. The van der Waals surface area contributed by atoms with Crippen molar-refractivity contribution in [3.8, 4) is 0 Å². The summed E-state index contributed by atoms with van der Waals surface area (Å²) in [5.74, 6) is -1.28. The number of nitrogens with zero attached hydrogens (tertiary/aromatic N) is 2. The highest BCUT2D eigenvalue weighted by Crippen LogP contribution is 2.31. The lowest BCUT2D eigenvalue weighted by Gasteiger charge is -2.32. The summed E-state index contributed by atoms with van der Waals surface area (Å²) in [4.78, 5) is 28.6. The SMILES string of the molecule is CC(C)NC(=O)[C@@H](Cc1ccccc1)N(Cc1ccccc1F)C(=O)CCCN(c1cc(Cl)ccc1Cl)S(C)(=O)=O. The average molecular weight is 623 g/mol. The van der Waals surface area contributed by atoms with Crippen LogP contribution in [-0.2, 0) is 32.6 Å². The van der Waals surface area contributed by atoms with Gasteiger partial charge in [0.25, 0.3) is 0 Å². The van der Waals surface area contributed by atoms with E-state index in [0.29, 0.717) is 5.02 Å². The third-order valence-electron chi connectivity index (χ3n) is 6.33. The lowest BCUT2D eigenvalue weighted by Crippen LogP contribution is -2.52. The van der Waals surface area contributed by atoms with Crippen molar-refractivity contribution in [1.82, 2.24) is 10.2 Å². The Labute approximate surface area is 251 Å². The van der Waals surface area contributed by atoms with Gasteiger partial charge in [-0.3, -0.25) is 13.9 Å². The lowest BCUT2D eigenvalue weighted by atomic mass is 10.0. The van der Waals surface area contributed by atoms with Gasteiger partial charge in [0.1, 0.15) is 11.9 Å². The van der Waals surface area contributed by atoms with E-state index < -0.39 is 27.8 Å². The maximum atomic E-state index is 14.7. The van der Waals surface area contributed by atoms with E-state index in [-0.39, 0.29) is 60.6 Å². The zero-order valence-corrected chi connectivity index (χ0v) is 25.5.